The molecule has 3 nitrogen and oxygen atoms in total. The Hall–Kier alpha value is -0.290. The summed E-state index contributed by atoms with van der Waals surface area (Å²) in [7, 11) is 3.97. The van der Waals surface area contributed by atoms with Crippen LogP contribution in [0.15, 0.2) is 6.07 Å². The van der Waals surface area contributed by atoms with Gasteiger partial charge in [-0.05, 0) is 14.1 Å². The molecule has 1 aromatic rings. The molecule has 1 N–H and O–H groups in total. The summed E-state index contributed by atoms with van der Waals surface area (Å²) in [5.41, 5.74) is 0. The maximum absolute atomic E-state index is 9.00. The fourth-order valence-electron chi connectivity index (χ4n) is 0.952. The van der Waals surface area contributed by atoms with Crippen molar-refractivity contribution in [3.8, 4) is 5.75 Å². The molecule has 0 bridgehead atoms. The monoisotopic (exact) mass is 235 g/mol. The van der Waals surface area contributed by atoms with Crippen LogP contribution in [0.3, 0.4) is 0 Å². The van der Waals surface area contributed by atoms with Gasteiger partial charge in [-0.15, -0.1) is 11.3 Å². The van der Waals surface area contributed by atoms with Crippen molar-refractivity contribution in [2.75, 3.05) is 27.2 Å². The fourth-order valence-corrected chi connectivity index (χ4v) is 2.01. The highest BCUT2D eigenvalue weighted by molar-refractivity contribution is 7.16. The summed E-state index contributed by atoms with van der Waals surface area (Å²) in [6, 6.07) is 1.74. The van der Waals surface area contributed by atoms with Crippen molar-refractivity contribution >= 4 is 22.9 Å². The lowest BCUT2D eigenvalue weighted by Crippen LogP contribution is -2.19. The Kier molecular flexibility index (Phi) is 4.68. The maximum atomic E-state index is 9.00. The molecule has 0 atom stereocenters. The van der Waals surface area contributed by atoms with Gasteiger partial charge in [0.2, 0.25) is 0 Å². The summed E-state index contributed by atoms with van der Waals surface area (Å²) in [5.74, 6) is 0.698. The number of halogens is 1. The van der Waals surface area contributed by atoms with E-state index >= 15 is 0 Å². The minimum absolute atomic E-state index is 0.0192. The van der Waals surface area contributed by atoms with Crippen molar-refractivity contribution in [1.82, 2.24) is 4.90 Å². The van der Waals surface area contributed by atoms with Gasteiger partial charge in [0.05, 0.1) is 15.8 Å². The average molecular weight is 236 g/mol. The quantitative estimate of drug-likeness (QED) is 0.846. The Morgan fingerprint density at radius 2 is 2.29 bits per heavy atom. The largest absolute Gasteiger partial charge is 0.491 e. The van der Waals surface area contributed by atoms with Crippen LogP contribution in [0.1, 0.15) is 4.88 Å². The molecule has 0 fully saturated rings. The SMILES string of the molecule is CN(C)CCOc1cc(Cl)sc1CO. The summed E-state index contributed by atoms with van der Waals surface area (Å²) < 4.78 is 6.13. The van der Waals surface area contributed by atoms with Crippen LogP contribution >= 0.6 is 22.9 Å². The lowest BCUT2D eigenvalue weighted by atomic mass is 10.4. The van der Waals surface area contributed by atoms with Crippen molar-refractivity contribution in [2.24, 2.45) is 0 Å². The molecule has 14 heavy (non-hydrogen) atoms. The highest BCUT2D eigenvalue weighted by atomic mass is 35.5. The zero-order valence-corrected chi connectivity index (χ0v) is 9.86. The van der Waals surface area contributed by atoms with Gasteiger partial charge in [0.1, 0.15) is 12.4 Å². The molecule has 5 heteroatoms. The first kappa shape index (κ1) is 11.8. The lowest BCUT2D eigenvalue weighted by molar-refractivity contribution is 0.246. The molecule has 0 saturated carbocycles. The molecule has 0 aliphatic rings. The highest BCUT2D eigenvalue weighted by Crippen LogP contribution is 2.32. The predicted octanol–water partition coefficient (Wildman–Crippen LogP) is 1.83. The predicted molar refractivity (Wildman–Crippen MR) is 59.3 cm³/mol. The second-order valence-electron chi connectivity index (χ2n) is 3.15. The van der Waals surface area contributed by atoms with Crippen molar-refractivity contribution in [1.29, 1.82) is 0 Å². The first-order valence-corrected chi connectivity index (χ1v) is 5.49. The van der Waals surface area contributed by atoms with Gasteiger partial charge in [0, 0.05) is 12.6 Å². The van der Waals surface area contributed by atoms with E-state index in [9.17, 15) is 0 Å². The molecular formula is C9H14ClNO2S. The second-order valence-corrected chi connectivity index (χ2v) is 4.92. The van der Waals surface area contributed by atoms with Gasteiger partial charge in [0.25, 0.3) is 0 Å². The molecular weight excluding hydrogens is 222 g/mol. The molecule has 1 rings (SSSR count). The summed E-state index contributed by atoms with van der Waals surface area (Å²) >= 11 is 7.15. The van der Waals surface area contributed by atoms with Crippen molar-refractivity contribution in [3.05, 3.63) is 15.3 Å². The number of likely N-dealkylation sites (N-methyl/N-ethyl adjacent to an activating group) is 1. The first-order valence-electron chi connectivity index (χ1n) is 4.30. The minimum atomic E-state index is -0.0192. The van der Waals surface area contributed by atoms with E-state index in [1.54, 1.807) is 6.07 Å². The van der Waals surface area contributed by atoms with Gasteiger partial charge in [-0.1, -0.05) is 11.6 Å². The van der Waals surface area contributed by atoms with E-state index in [2.05, 4.69) is 0 Å². The van der Waals surface area contributed by atoms with Crippen LogP contribution in [-0.4, -0.2) is 37.3 Å². The number of rotatable bonds is 5. The number of aliphatic hydroxyl groups is 1. The zero-order valence-electron chi connectivity index (χ0n) is 8.29. The normalized spacial score (nSPS) is 10.9. The van der Waals surface area contributed by atoms with E-state index < -0.39 is 0 Å². The van der Waals surface area contributed by atoms with E-state index in [4.69, 9.17) is 21.4 Å². The van der Waals surface area contributed by atoms with Gasteiger partial charge in [-0.2, -0.15) is 0 Å². The standard InChI is InChI=1S/C9H14ClNO2S/c1-11(2)3-4-13-7-5-9(10)14-8(7)6-12/h5,12H,3-4,6H2,1-2H3. The van der Waals surface area contributed by atoms with Crippen LogP contribution in [0.4, 0.5) is 0 Å². The number of hydrogen-bond acceptors (Lipinski definition) is 4. The molecule has 0 amide bonds. The summed E-state index contributed by atoms with van der Waals surface area (Å²) in [5, 5.41) is 9.00. The molecule has 1 aromatic heterocycles. The maximum Gasteiger partial charge on any atom is 0.137 e. The minimum Gasteiger partial charge on any atom is -0.491 e. The van der Waals surface area contributed by atoms with Crippen LogP contribution in [0.25, 0.3) is 0 Å². The van der Waals surface area contributed by atoms with E-state index in [0.717, 1.165) is 11.4 Å². The molecule has 0 radical (unpaired) electrons. The van der Waals surface area contributed by atoms with Gasteiger partial charge < -0.3 is 14.7 Å². The van der Waals surface area contributed by atoms with Crippen LogP contribution in [0.5, 0.6) is 5.75 Å². The van der Waals surface area contributed by atoms with E-state index in [1.165, 1.54) is 11.3 Å². The van der Waals surface area contributed by atoms with Gasteiger partial charge in [-0.25, -0.2) is 0 Å². The Labute approximate surface area is 92.9 Å². The molecule has 0 aromatic carbocycles. The average Bonchev–Trinajstić information content (AvgIpc) is 2.45. The third-order valence-electron chi connectivity index (χ3n) is 1.68. The first-order chi connectivity index (χ1) is 6.63. The topological polar surface area (TPSA) is 32.7 Å². The highest BCUT2D eigenvalue weighted by Gasteiger charge is 2.07. The zero-order chi connectivity index (χ0) is 10.6. The Balaban J connectivity index is 2.48. The third kappa shape index (κ3) is 3.46. The number of ether oxygens (including phenoxy) is 1. The van der Waals surface area contributed by atoms with Crippen LogP contribution in [-0.2, 0) is 6.61 Å². The fraction of sp³-hybridized carbons (Fsp3) is 0.556. The van der Waals surface area contributed by atoms with E-state index in [1.807, 2.05) is 19.0 Å². The molecule has 0 saturated heterocycles. The van der Waals surface area contributed by atoms with Crippen LogP contribution in [0, 0.1) is 0 Å². The van der Waals surface area contributed by atoms with E-state index in [0.29, 0.717) is 16.7 Å². The molecule has 0 aliphatic carbocycles. The summed E-state index contributed by atoms with van der Waals surface area (Å²) in [4.78, 5) is 2.82. The Bertz CT molecular complexity index is 288. The number of thiophene rings is 1. The third-order valence-corrected chi connectivity index (χ3v) is 2.91. The van der Waals surface area contributed by atoms with Crippen molar-refractivity contribution < 1.29 is 9.84 Å². The molecule has 80 valence electrons. The second kappa shape index (κ2) is 5.56. The van der Waals surface area contributed by atoms with Gasteiger partial charge >= 0.3 is 0 Å². The Morgan fingerprint density at radius 1 is 1.57 bits per heavy atom. The smallest absolute Gasteiger partial charge is 0.137 e. The number of hydrogen-bond donors (Lipinski definition) is 1. The van der Waals surface area contributed by atoms with Crippen molar-refractivity contribution in [3.63, 3.8) is 0 Å². The molecule has 0 aliphatic heterocycles. The van der Waals surface area contributed by atoms with Gasteiger partial charge in [0.15, 0.2) is 0 Å². The van der Waals surface area contributed by atoms with Crippen LogP contribution in [0.2, 0.25) is 4.34 Å². The molecule has 0 unspecified atom stereocenters. The molecule has 0 spiro atoms. The van der Waals surface area contributed by atoms with Crippen LogP contribution < -0.4 is 4.74 Å². The summed E-state index contributed by atoms with van der Waals surface area (Å²) in [6.07, 6.45) is 0. The lowest BCUT2D eigenvalue weighted by Gasteiger charge is -2.10. The Morgan fingerprint density at radius 3 is 2.86 bits per heavy atom. The molecule has 1 heterocycles. The van der Waals surface area contributed by atoms with Gasteiger partial charge in [-0.3, -0.25) is 0 Å². The summed E-state index contributed by atoms with van der Waals surface area (Å²) in [6.45, 7) is 1.43. The van der Waals surface area contributed by atoms with E-state index in [-0.39, 0.29) is 6.61 Å². The van der Waals surface area contributed by atoms with Crippen molar-refractivity contribution in [2.45, 2.75) is 6.61 Å². The number of aliphatic hydroxyl groups excluding tert-OH is 1. The number of nitrogens with zero attached hydrogens (tertiary/aromatic N) is 1.